The topological polar surface area (TPSA) is 50.2 Å². The quantitative estimate of drug-likeness (QED) is 0.548. The molecule has 162 valence electrons. The van der Waals surface area contributed by atoms with Gasteiger partial charge in [-0.1, -0.05) is 35.9 Å². The summed E-state index contributed by atoms with van der Waals surface area (Å²) in [5.74, 6) is 0.895. The van der Waals surface area contributed by atoms with Crippen molar-refractivity contribution in [1.29, 1.82) is 0 Å². The number of hydrogen-bond donors (Lipinski definition) is 1. The standard InChI is InChI=1S/C25H36N4O/c1-20(2)12-13-21(3)28-18-15-23(16-19-28)29-24(14-17-26-29)27-25(30)11-7-10-22-8-5-4-6-9-22/h4-6,8-9,14,17,21,23H,1,7,10-13,15-16,18-19H2,2-3H3,(H,27,30)/t21-/m0/s1. The fraction of sp³-hybridized carbons (Fsp3) is 0.520. The molecule has 3 rings (SSSR count). The van der Waals surface area contributed by atoms with Crippen LogP contribution in [0.25, 0.3) is 0 Å². The molecule has 30 heavy (non-hydrogen) atoms. The lowest BCUT2D eigenvalue weighted by Gasteiger charge is -2.36. The molecule has 1 aliphatic heterocycles. The summed E-state index contributed by atoms with van der Waals surface area (Å²) in [6.07, 6.45) is 8.50. The summed E-state index contributed by atoms with van der Waals surface area (Å²) in [6, 6.07) is 13.2. The van der Waals surface area contributed by atoms with Gasteiger partial charge in [0.05, 0.1) is 12.2 Å². The van der Waals surface area contributed by atoms with Crippen molar-refractivity contribution in [2.24, 2.45) is 0 Å². The highest BCUT2D eigenvalue weighted by atomic mass is 16.1. The van der Waals surface area contributed by atoms with Crippen molar-refractivity contribution in [3.8, 4) is 0 Å². The van der Waals surface area contributed by atoms with Crippen LogP contribution in [0.4, 0.5) is 5.82 Å². The minimum atomic E-state index is 0.0681. The number of rotatable bonds is 10. The van der Waals surface area contributed by atoms with Crippen LogP contribution in [0, 0.1) is 0 Å². The number of hydrogen-bond acceptors (Lipinski definition) is 3. The summed E-state index contributed by atoms with van der Waals surface area (Å²) >= 11 is 0. The Bertz CT molecular complexity index is 806. The first kappa shape index (κ1) is 22.3. The minimum Gasteiger partial charge on any atom is -0.311 e. The summed E-state index contributed by atoms with van der Waals surface area (Å²) in [5.41, 5.74) is 2.54. The van der Waals surface area contributed by atoms with Crippen LogP contribution in [0.5, 0.6) is 0 Å². The van der Waals surface area contributed by atoms with Crippen LogP contribution in [0.1, 0.15) is 64.0 Å². The maximum Gasteiger partial charge on any atom is 0.225 e. The molecule has 0 unspecified atom stereocenters. The van der Waals surface area contributed by atoms with Crippen molar-refractivity contribution in [3.05, 3.63) is 60.3 Å². The molecule has 5 nitrogen and oxygen atoms in total. The Morgan fingerprint density at radius 3 is 2.63 bits per heavy atom. The van der Waals surface area contributed by atoms with Crippen LogP contribution < -0.4 is 5.32 Å². The Kier molecular flexibility index (Phi) is 8.26. The highest BCUT2D eigenvalue weighted by Gasteiger charge is 2.25. The van der Waals surface area contributed by atoms with Gasteiger partial charge in [-0.05, 0) is 57.9 Å². The average molecular weight is 409 g/mol. The number of aromatic nitrogens is 2. The first-order valence-corrected chi connectivity index (χ1v) is 11.3. The van der Waals surface area contributed by atoms with Crippen molar-refractivity contribution < 1.29 is 4.79 Å². The molecule has 2 aromatic rings. The number of carbonyl (C=O) groups excluding carboxylic acids is 1. The van der Waals surface area contributed by atoms with E-state index in [0.29, 0.717) is 18.5 Å². The first-order chi connectivity index (χ1) is 14.5. The molecule has 1 amide bonds. The van der Waals surface area contributed by atoms with Gasteiger partial charge in [-0.15, -0.1) is 6.58 Å². The maximum atomic E-state index is 12.4. The highest BCUT2D eigenvalue weighted by Crippen LogP contribution is 2.27. The molecule has 5 heteroatoms. The molecule has 0 bridgehead atoms. The summed E-state index contributed by atoms with van der Waals surface area (Å²) in [4.78, 5) is 15.0. The first-order valence-electron chi connectivity index (χ1n) is 11.3. The van der Waals surface area contributed by atoms with Crippen LogP contribution in [0.2, 0.25) is 0 Å². The Balaban J connectivity index is 1.45. The normalized spacial score (nSPS) is 16.3. The average Bonchev–Trinajstić information content (AvgIpc) is 3.21. The predicted molar refractivity (Wildman–Crippen MR) is 124 cm³/mol. The molecule has 1 aromatic carbocycles. The number of anilines is 1. The SMILES string of the molecule is C=C(C)CC[C@H](C)N1CCC(n2nccc2NC(=O)CCCc2ccccc2)CC1. The van der Waals surface area contributed by atoms with E-state index in [1.54, 1.807) is 6.20 Å². The van der Waals surface area contributed by atoms with Gasteiger partial charge in [-0.3, -0.25) is 4.79 Å². The Hall–Kier alpha value is -2.40. The van der Waals surface area contributed by atoms with Crippen LogP contribution in [-0.4, -0.2) is 39.7 Å². The number of carbonyl (C=O) groups is 1. The van der Waals surface area contributed by atoms with E-state index in [9.17, 15) is 4.79 Å². The molecule has 1 saturated heterocycles. The largest absolute Gasteiger partial charge is 0.311 e. The zero-order valence-corrected chi connectivity index (χ0v) is 18.5. The molecule has 0 saturated carbocycles. The summed E-state index contributed by atoms with van der Waals surface area (Å²) in [6.45, 7) is 10.6. The fourth-order valence-corrected chi connectivity index (χ4v) is 4.22. The smallest absolute Gasteiger partial charge is 0.225 e. The van der Waals surface area contributed by atoms with Crippen LogP contribution in [-0.2, 0) is 11.2 Å². The van der Waals surface area contributed by atoms with Crippen LogP contribution in [0.15, 0.2) is 54.7 Å². The van der Waals surface area contributed by atoms with E-state index >= 15 is 0 Å². The van der Waals surface area contributed by atoms with E-state index in [2.05, 4.69) is 47.9 Å². The highest BCUT2D eigenvalue weighted by molar-refractivity contribution is 5.89. The lowest BCUT2D eigenvalue weighted by molar-refractivity contribution is -0.116. The number of aryl methyl sites for hydroxylation is 1. The number of nitrogens with one attached hydrogen (secondary N) is 1. The predicted octanol–water partition coefficient (Wildman–Crippen LogP) is 5.23. The molecular weight excluding hydrogens is 372 g/mol. The Labute approximate surface area is 181 Å². The third-order valence-corrected chi connectivity index (χ3v) is 6.11. The molecular formula is C25H36N4O. The van der Waals surface area contributed by atoms with Gasteiger partial charge in [-0.2, -0.15) is 5.10 Å². The zero-order valence-electron chi connectivity index (χ0n) is 18.5. The molecule has 2 heterocycles. The Morgan fingerprint density at radius 1 is 1.20 bits per heavy atom. The monoisotopic (exact) mass is 408 g/mol. The van der Waals surface area contributed by atoms with E-state index < -0.39 is 0 Å². The molecule has 0 aliphatic carbocycles. The van der Waals surface area contributed by atoms with E-state index in [-0.39, 0.29) is 5.91 Å². The fourth-order valence-electron chi connectivity index (χ4n) is 4.22. The van der Waals surface area contributed by atoms with Gasteiger partial charge in [0.15, 0.2) is 0 Å². The van der Waals surface area contributed by atoms with Gasteiger partial charge in [-0.25, -0.2) is 4.68 Å². The lowest BCUT2D eigenvalue weighted by atomic mass is 10.0. The number of amides is 1. The lowest BCUT2D eigenvalue weighted by Crippen LogP contribution is -2.40. The zero-order chi connectivity index (χ0) is 21.3. The van der Waals surface area contributed by atoms with Crippen LogP contribution in [0.3, 0.4) is 0 Å². The maximum absolute atomic E-state index is 12.4. The molecule has 1 aliphatic rings. The molecule has 1 N–H and O–H groups in total. The van der Waals surface area contributed by atoms with Crippen molar-refractivity contribution >= 4 is 11.7 Å². The van der Waals surface area contributed by atoms with E-state index in [0.717, 1.165) is 51.0 Å². The number of likely N-dealkylation sites (tertiary alicyclic amines) is 1. The van der Waals surface area contributed by atoms with Gasteiger partial charge in [0, 0.05) is 31.6 Å². The minimum absolute atomic E-state index is 0.0681. The summed E-state index contributed by atoms with van der Waals surface area (Å²) < 4.78 is 2.02. The van der Waals surface area contributed by atoms with Crippen molar-refractivity contribution in [2.45, 2.75) is 70.9 Å². The van der Waals surface area contributed by atoms with Crippen LogP contribution >= 0.6 is 0 Å². The van der Waals surface area contributed by atoms with Crippen molar-refractivity contribution in [3.63, 3.8) is 0 Å². The van der Waals surface area contributed by atoms with E-state index in [1.165, 1.54) is 17.6 Å². The third-order valence-electron chi connectivity index (χ3n) is 6.11. The van der Waals surface area contributed by atoms with Gasteiger partial charge in [0.25, 0.3) is 0 Å². The van der Waals surface area contributed by atoms with Crippen molar-refractivity contribution in [2.75, 3.05) is 18.4 Å². The second kappa shape index (κ2) is 11.1. The summed E-state index contributed by atoms with van der Waals surface area (Å²) in [7, 11) is 0. The molecule has 0 radical (unpaired) electrons. The molecule has 0 spiro atoms. The third kappa shape index (κ3) is 6.56. The van der Waals surface area contributed by atoms with E-state index in [1.807, 2.05) is 28.9 Å². The van der Waals surface area contributed by atoms with E-state index in [4.69, 9.17) is 0 Å². The molecule has 1 aromatic heterocycles. The number of allylic oxidation sites excluding steroid dienone is 1. The van der Waals surface area contributed by atoms with Gasteiger partial charge < -0.3 is 10.2 Å². The van der Waals surface area contributed by atoms with Gasteiger partial charge in [0.2, 0.25) is 5.91 Å². The van der Waals surface area contributed by atoms with Gasteiger partial charge in [0.1, 0.15) is 5.82 Å². The number of benzene rings is 1. The number of piperidine rings is 1. The second-order valence-corrected chi connectivity index (χ2v) is 8.66. The second-order valence-electron chi connectivity index (χ2n) is 8.66. The van der Waals surface area contributed by atoms with Crippen molar-refractivity contribution in [1.82, 2.24) is 14.7 Å². The summed E-state index contributed by atoms with van der Waals surface area (Å²) in [5, 5.41) is 7.60. The molecule has 1 atom stereocenters. The van der Waals surface area contributed by atoms with Gasteiger partial charge >= 0.3 is 0 Å². The number of nitrogens with zero attached hydrogens (tertiary/aromatic N) is 3. The Morgan fingerprint density at radius 2 is 1.93 bits per heavy atom. The molecule has 1 fully saturated rings.